The van der Waals surface area contributed by atoms with E-state index in [0.29, 0.717) is 27.2 Å². The van der Waals surface area contributed by atoms with Gasteiger partial charge in [-0.15, -0.1) is 0 Å². The van der Waals surface area contributed by atoms with Gasteiger partial charge < -0.3 is 0 Å². The van der Waals surface area contributed by atoms with Crippen LogP contribution < -0.4 is 5.43 Å². The zero-order chi connectivity index (χ0) is 23.8. The standard InChI is InChI=1S/C24H17F3N6O/c1-15-11-21(33(29-15)18-5-3-2-4-6-18)23-22(34)9-10-31(30-23)20-8-7-16(12-19(20)25)17-13-28-32(14-17)24(26)27/h2-14,24H,1H3. The molecule has 0 unspecified atom stereocenters. The van der Waals surface area contributed by atoms with Crippen LogP contribution in [0.4, 0.5) is 13.2 Å². The van der Waals surface area contributed by atoms with Gasteiger partial charge in [-0.3, -0.25) is 4.79 Å². The van der Waals surface area contributed by atoms with E-state index >= 15 is 4.39 Å². The Morgan fingerprint density at radius 3 is 2.44 bits per heavy atom. The summed E-state index contributed by atoms with van der Waals surface area (Å²) in [6.45, 7) is -0.978. The van der Waals surface area contributed by atoms with Crippen LogP contribution in [0.1, 0.15) is 12.2 Å². The maximum Gasteiger partial charge on any atom is 0.333 e. The quantitative estimate of drug-likeness (QED) is 0.377. The summed E-state index contributed by atoms with van der Waals surface area (Å²) in [6, 6.07) is 16.6. The summed E-state index contributed by atoms with van der Waals surface area (Å²) in [4.78, 5) is 12.7. The fraction of sp³-hybridized carbons (Fsp3) is 0.0833. The molecule has 0 aliphatic rings. The number of benzene rings is 2. The number of hydrogen-bond donors (Lipinski definition) is 0. The molecule has 0 aliphatic carbocycles. The number of alkyl halides is 2. The van der Waals surface area contributed by atoms with Crippen LogP contribution in [-0.2, 0) is 0 Å². The van der Waals surface area contributed by atoms with E-state index in [0.717, 1.165) is 11.9 Å². The van der Waals surface area contributed by atoms with Gasteiger partial charge in [-0.1, -0.05) is 24.3 Å². The number of hydrogen-bond acceptors (Lipinski definition) is 4. The lowest BCUT2D eigenvalue weighted by Gasteiger charge is -2.11. The van der Waals surface area contributed by atoms with Crippen molar-refractivity contribution in [3.63, 3.8) is 0 Å². The first-order valence-corrected chi connectivity index (χ1v) is 10.3. The van der Waals surface area contributed by atoms with E-state index in [1.165, 1.54) is 35.3 Å². The van der Waals surface area contributed by atoms with Gasteiger partial charge >= 0.3 is 6.55 Å². The van der Waals surface area contributed by atoms with Crippen LogP contribution in [0.3, 0.4) is 0 Å². The highest BCUT2D eigenvalue weighted by molar-refractivity contribution is 5.64. The molecule has 3 aromatic heterocycles. The van der Waals surface area contributed by atoms with Gasteiger partial charge in [0.05, 0.1) is 23.3 Å². The molecule has 5 aromatic rings. The number of halogens is 3. The molecule has 0 radical (unpaired) electrons. The SMILES string of the molecule is Cc1cc(-c2nn(-c3ccc(-c4cnn(C(F)F)c4)cc3F)ccc2=O)n(-c2ccccc2)n1. The van der Waals surface area contributed by atoms with Crippen LogP contribution in [0.2, 0.25) is 0 Å². The molecule has 0 spiro atoms. The highest BCUT2D eigenvalue weighted by atomic mass is 19.3. The molecular weight excluding hydrogens is 445 g/mol. The van der Waals surface area contributed by atoms with E-state index in [1.807, 2.05) is 30.3 Å². The lowest BCUT2D eigenvalue weighted by molar-refractivity contribution is 0.0566. The van der Waals surface area contributed by atoms with E-state index in [2.05, 4.69) is 15.3 Å². The van der Waals surface area contributed by atoms with Crippen molar-refractivity contribution in [2.75, 3.05) is 0 Å². The Hall–Kier alpha value is -4.47. The van der Waals surface area contributed by atoms with Crippen LogP contribution in [0, 0.1) is 12.7 Å². The third-order valence-electron chi connectivity index (χ3n) is 5.21. The minimum Gasteiger partial charge on any atom is -0.287 e. The van der Waals surface area contributed by atoms with Gasteiger partial charge in [0.2, 0.25) is 5.43 Å². The summed E-state index contributed by atoms with van der Waals surface area (Å²) in [7, 11) is 0. The van der Waals surface area contributed by atoms with Gasteiger partial charge in [0, 0.05) is 24.0 Å². The number of para-hydroxylation sites is 1. The van der Waals surface area contributed by atoms with Crippen LogP contribution in [0.25, 0.3) is 33.9 Å². The second kappa shape index (κ2) is 8.47. The Kier molecular flexibility index (Phi) is 5.33. The molecule has 0 fully saturated rings. The lowest BCUT2D eigenvalue weighted by Crippen LogP contribution is -2.15. The highest BCUT2D eigenvalue weighted by Gasteiger charge is 2.17. The summed E-state index contributed by atoms with van der Waals surface area (Å²) in [6.07, 6.45) is 3.75. The van der Waals surface area contributed by atoms with Crippen LogP contribution in [-0.4, -0.2) is 29.3 Å². The molecule has 0 saturated heterocycles. The maximum atomic E-state index is 15.0. The predicted molar refractivity (Wildman–Crippen MR) is 120 cm³/mol. The van der Waals surface area contributed by atoms with E-state index in [-0.39, 0.29) is 16.8 Å². The molecule has 7 nitrogen and oxygen atoms in total. The fourth-order valence-corrected chi connectivity index (χ4v) is 3.62. The van der Waals surface area contributed by atoms with Gasteiger partial charge in [-0.25, -0.2) is 18.4 Å². The first kappa shape index (κ1) is 21.4. The molecule has 0 N–H and O–H groups in total. The van der Waals surface area contributed by atoms with Crippen molar-refractivity contribution < 1.29 is 13.2 Å². The smallest absolute Gasteiger partial charge is 0.287 e. The number of nitrogens with zero attached hydrogens (tertiary/aromatic N) is 6. The summed E-state index contributed by atoms with van der Waals surface area (Å²) in [5.74, 6) is -0.642. The first-order chi connectivity index (χ1) is 16.4. The number of aryl methyl sites for hydroxylation is 1. The normalized spacial score (nSPS) is 11.3. The number of rotatable bonds is 5. The Balaban J connectivity index is 1.56. The predicted octanol–water partition coefficient (Wildman–Crippen LogP) is 4.79. The van der Waals surface area contributed by atoms with Crippen molar-refractivity contribution >= 4 is 0 Å². The second-order valence-electron chi connectivity index (χ2n) is 7.54. The van der Waals surface area contributed by atoms with Gasteiger partial charge in [0.15, 0.2) is 5.69 Å². The molecule has 5 rings (SSSR count). The van der Waals surface area contributed by atoms with E-state index in [4.69, 9.17) is 0 Å². The molecule has 0 saturated carbocycles. The van der Waals surface area contributed by atoms with Crippen molar-refractivity contribution in [1.82, 2.24) is 29.3 Å². The molecule has 0 bridgehead atoms. The summed E-state index contributed by atoms with van der Waals surface area (Å²) < 4.78 is 44.0. The van der Waals surface area contributed by atoms with Crippen LogP contribution >= 0.6 is 0 Å². The van der Waals surface area contributed by atoms with Crippen LogP contribution in [0.5, 0.6) is 0 Å². The molecule has 2 aromatic carbocycles. The zero-order valence-electron chi connectivity index (χ0n) is 17.8. The van der Waals surface area contributed by atoms with Gasteiger partial charge in [0.1, 0.15) is 11.5 Å². The lowest BCUT2D eigenvalue weighted by atomic mass is 10.1. The Bertz CT molecular complexity index is 1540. The molecular formula is C24H17F3N6O. The average Bonchev–Trinajstić information content (AvgIpc) is 3.48. The molecule has 3 heterocycles. The molecule has 170 valence electrons. The summed E-state index contributed by atoms with van der Waals surface area (Å²) in [5, 5.41) is 12.4. The van der Waals surface area contributed by atoms with Crippen molar-refractivity contribution in [3.8, 4) is 33.9 Å². The monoisotopic (exact) mass is 462 g/mol. The van der Waals surface area contributed by atoms with E-state index in [9.17, 15) is 13.6 Å². The zero-order valence-corrected chi connectivity index (χ0v) is 17.8. The largest absolute Gasteiger partial charge is 0.333 e. The Morgan fingerprint density at radius 2 is 1.74 bits per heavy atom. The molecule has 10 heteroatoms. The third kappa shape index (κ3) is 3.90. The third-order valence-corrected chi connectivity index (χ3v) is 5.21. The summed E-state index contributed by atoms with van der Waals surface area (Å²) >= 11 is 0. The van der Waals surface area contributed by atoms with Crippen molar-refractivity contribution in [3.05, 3.63) is 101 Å². The Labute approximate surface area is 191 Å². The maximum absolute atomic E-state index is 15.0. The van der Waals surface area contributed by atoms with Crippen molar-refractivity contribution in [1.29, 1.82) is 0 Å². The van der Waals surface area contributed by atoms with E-state index in [1.54, 1.807) is 23.7 Å². The van der Waals surface area contributed by atoms with Crippen LogP contribution in [0.15, 0.2) is 84.0 Å². The first-order valence-electron chi connectivity index (χ1n) is 10.3. The summed E-state index contributed by atoms with van der Waals surface area (Å²) in [5.41, 5.74) is 2.50. The van der Waals surface area contributed by atoms with E-state index < -0.39 is 12.4 Å². The number of aromatic nitrogens is 6. The molecule has 0 amide bonds. The molecule has 34 heavy (non-hydrogen) atoms. The van der Waals surface area contributed by atoms with Gasteiger partial charge in [0.25, 0.3) is 0 Å². The molecule has 0 aliphatic heterocycles. The fourth-order valence-electron chi connectivity index (χ4n) is 3.62. The average molecular weight is 462 g/mol. The minimum atomic E-state index is -2.78. The van der Waals surface area contributed by atoms with Gasteiger partial charge in [-0.05, 0) is 42.8 Å². The van der Waals surface area contributed by atoms with Crippen molar-refractivity contribution in [2.24, 2.45) is 0 Å². The molecule has 0 atom stereocenters. The Morgan fingerprint density at radius 1 is 0.941 bits per heavy atom. The minimum absolute atomic E-state index is 0.0914. The van der Waals surface area contributed by atoms with Gasteiger partial charge in [-0.2, -0.15) is 24.1 Å². The van der Waals surface area contributed by atoms with Crippen molar-refractivity contribution in [2.45, 2.75) is 13.5 Å². The second-order valence-corrected chi connectivity index (χ2v) is 7.54. The highest BCUT2D eigenvalue weighted by Crippen LogP contribution is 2.25. The topological polar surface area (TPSA) is 70.5 Å².